The fraction of sp³-hybridized carbons (Fsp3) is 0.458. The first-order valence-electron chi connectivity index (χ1n) is 11.1. The summed E-state index contributed by atoms with van der Waals surface area (Å²) in [5, 5.41) is 0. The van der Waals surface area contributed by atoms with Gasteiger partial charge in [-0.2, -0.15) is 0 Å². The number of carbonyl (C=O) groups excluding carboxylic acids is 1. The molecule has 0 bridgehead atoms. The second-order valence-corrected chi connectivity index (χ2v) is 9.54. The molecule has 0 radical (unpaired) electrons. The lowest BCUT2D eigenvalue weighted by Gasteiger charge is -2.40. The molecule has 32 heavy (non-hydrogen) atoms. The van der Waals surface area contributed by atoms with E-state index < -0.39 is 0 Å². The number of nitrogens with zero attached hydrogens (tertiary/aromatic N) is 3. The standard InChI is InChI=1S/C24H28FN3O3S/c1-30-19-4-2-17-14-21(20-15-18(25)3-5-22(20)32-23(17)16-19)27-9-6-26(7-10-27)8-11-28-12-13-31-24(28)29/h2-5,15-16,21H,6-14H2,1H3. The van der Waals surface area contributed by atoms with Crippen LogP contribution in [0.2, 0.25) is 0 Å². The van der Waals surface area contributed by atoms with E-state index in [1.807, 2.05) is 12.1 Å². The summed E-state index contributed by atoms with van der Waals surface area (Å²) < 4.78 is 24.7. The Morgan fingerprint density at radius 1 is 1.06 bits per heavy atom. The van der Waals surface area contributed by atoms with Crippen LogP contribution in [-0.4, -0.2) is 80.3 Å². The van der Waals surface area contributed by atoms with Gasteiger partial charge in [0.25, 0.3) is 0 Å². The monoisotopic (exact) mass is 457 g/mol. The van der Waals surface area contributed by atoms with Crippen LogP contribution in [0.1, 0.15) is 17.2 Å². The molecule has 1 unspecified atom stereocenters. The van der Waals surface area contributed by atoms with Crippen LogP contribution in [-0.2, 0) is 11.2 Å². The zero-order valence-corrected chi connectivity index (χ0v) is 19.1. The molecule has 1 amide bonds. The van der Waals surface area contributed by atoms with Crippen LogP contribution >= 0.6 is 11.8 Å². The lowest BCUT2D eigenvalue weighted by Crippen LogP contribution is -2.49. The third-order valence-corrected chi connectivity index (χ3v) is 7.81. The smallest absolute Gasteiger partial charge is 0.409 e. The summed E-state index contributed by atoms with van der Waals surface area (Å²) in [6.07, 6.45) is 0.649. The van der Waals surface area contributed by atoms with Gasteiger partial charge < -0.3 is 14.4 Å². The predicted molar refractivity (Wildman–Crippen MR) is 121 cm³/mol. The topological polar surface area (TPSA) is 45.2 Å². The number of ether oxygens (including phenoxy) is 2. The number of carbonyl (C=O) groups is 1. The van der Waals surface area contributed by atoms with E-state index >= 15 is 0 Å². The number of rotatable bonds is 5. The SMILES string of the molecule is COc1ccc2c(c1)Sc1ccc(F)cc1C(N1CCN(CCN3CCOC3=O)CC1)C2. The molecule has 3 heterocycles. The Kier molecular flexibility index (Phi) is 6.26. The molecule has 0 spiro atoms. The predicted octanol–water partition coefficient (Wildman–Crippen LogP) is 3.65. The number of methoxy groups -OCH3 is 1. The van der Waals surface area contributed by atoms with Gasteiger partial charge in [-0.1, -0.05) is 17.8 Å². The van der Waals surface area contributed by atoms with E-state index in [1.165, 1.54) is 10.5 Å². The first-order chi connectivity index (χ1) is 15.6. The maximum absolute atomic E-state index is 14.3. The van der Waals surface area contributed by atoms with Gasteiger partial charge >= 0.3 is 6.09 Å². The van der Waals surface area contributed by atoms with Crippen LogP contribution in [0.25, 0.3) is 0 Å². The number of cyclic esters (lactones) is 1. The Hall–Kier alpha value is -2.29. The first kappa shape index (κ1) is 21.6. The van der Waals surface area contributed by atoms with Crippen LogP contribution in [0, 0.1) is 5.82 Å². The summed E-state index contributed by atoms with van der Waals surface area (Å²) in [6, 6.07) is 11.5. The van der Waals surface area contributed by atoms with Crippen LogP contribution in [0.4, 0.5) is 9.18 Å². The summed E-state index contributed by atoms with van der Waals surface area (Å²) in [5.41, 5.74) is 2.34. The normalized spacial score (nSPS) is 21.6. The summed E-state index contributed by atoms with van der Waals surface area (Å²) in [5.74, 6) is 0.655. The van der Waals surface area contributed by atoms with Gasteiger partial charge in [-0.05, 0) is 47.9 Å². The van der Waals surface area contributed by atoms with Gasteiger partial charge in [0, 0.05) is 55.1 Å². The van der Waals surface area contributed by atoms with Crippen molar-refractivity contribution >= 4 is 17.9 Å². The quantitative estimate of drug-likeness (QED) is 0.683. The van der Waals surface area contributed by atoms with Crippen molar-refractivity contribution in [3.63, 3.8) is 0 Å². The molecular weight excluding hydrogens is 429 g/mol. The third-order valence-electron chi connectivity index (χ3n) is 6.62. The average molecular weight is 458 g/mol. The van der Waals surface area contributed by atoms with E-state index in [2.05, 4.69) is 21.9 Å². The van der Waals surface area contributed by atoms with Gasteiger partial charge in [-0.3, -0.25) is 9.80 Å². The average Bonchev–Trinajstić information content (AvgIpc) is 3.15. The van der Waals surface area contributed by atoms with E-state index in [4.69, 9.17) is 9.47 Å². The molecule has 8 heteroatoms. The Morgan fingerprint density at radius 2 is 1.91 bits per heavy atom. The van der Waals surface area contributed by atoms with Crippen molar-refractivity contribution in [1.82, 2.24) is 14.7 Å². The number of fused-ring (bicyclic) bond motifs is 2. The second kappa shape index (κ2) is 9.29. The molecule has 2 fully saturated rings. The fourth-order valence-electron chi connectivity index (χ4n) is 4.75. The van der Waals surface area contributed by atoms with Crippen molar-refractivity contribution in [3.05, 3.63) is 53.3 Å². The van der Waals surface area contributed by atoms with Gasteiger partial charge in [-0.25, -0.2) is 9.18 Å². The molecule has 0 saturated carbocycles. The molecule has 3 aliphatic heterocycles. The molecular formula is C24H28FN3O3S. The summed E-state index contributed by atoms with van der Waals surface area (Å²) in [4.78, 5) is 20.6. The lowest BCUT2D eigenvalue weighted by atomic mass is 9.96. The molecule has 6 nitrogen and oxygen atoms in total. The Morgan fingerprint density at radius 3 is 2.66 bits per heavy atom. The van der Waals surface area contributed by atoms with Crippen molar-refractivity contribution in [2.75, 3.05) is 59.5 Å². The first-order valence-corrected chi connectivity index (χ1v) is 11.9. The highest BCUT2D eigenvalue weighted by molar-refractivity contribution is 7.99. The lowest BCUT2D eigenvalue weighted by molar-refractivity contribution is 0.0887. The van der Waals surface area contributed by atoms with Crippen LogP contribution in [0.5, 0.6) is 5.75 Å². The van der Waals surface area contributed by atoms with Crippen LogP contribution in [0.15, 0.2) is 46.2 Å². The zero-order chi connectivity index (χ0) is 22.1. The number of halogens is 1. The largest absolute Gasteiger partial charge is 0.497 e. The number of piperazine rings is 1. The molecule has 170 valence electrons. The van der Waals surface area contributed by atoms with Crippen molar-refractivity contribution in [2.45, 2.75) is 22.3 Å². The van der Waals surface area contributed by atoms with E-state index in [-0.39, 0.29) is 18.0 Å². The number of hydrogen-bond donors (Lipinski definition) is 0. The van der Waals surface area contributed by atoms with E-state index in [0.717, 1.165) is 55.4 Å². The summed E-state index contributed by atoms with van der Waals surface area (Å²) in [6.45, 7) is 6.46. The minimum atomic E-state index is -0.200. The molecule has 2 aromatic carbocycles. The van der Waals surface area contributed by atoms with Gasteiger partial charge in [0.2, 0.25) is 0 Å². The van der Waals surface area contributed by atoms with E-state index in [9.17, 15) is 9.18 Å². The number of hydrogen-bond acceptors (Lipinski definition) is 6. The fourth-order valence-corrected chi connectivity index (χ4v) is 5.89. The molecule has 0 aromatic heterocycles. The molecule has 5 rings (SSSR count). The summed E-state index contributed by atoms with van der Waals surface area (Å²) in [7, 11) is 1.68. The maximum atomic E-state index is 14.3. The van der Waals surface area contributed by atoms with E-state index in [0.29, 0.717) is 19.7 Å². The zero-order valence-electron chi connectivity index (χ0n) is 18.3. The van der Waals surface area contributed by atoms with Crippen molar-refractivity contribution < 1.29 is 18.7 Å². The van der Waals surface area contributed by atoms with Gasteiger partial charge in [0.15, 0.2) is 0 Å². The third kappa shape index (κ3) is 4.44. The molecule has 1 atom stereocenters. The molecule has 2 saturated heterocycles. The Balaban J connectivity index is 1.31. The molecule has 2 aromatic rings. The minimum Gasteiger partial charge on any atom is -0.497 e. The van der Waals surface area contributed by atoms with Gasteiger partial charge in [0.1, 0.15) is 18.2 Å². The van der Waals surface area contributed by atoms with Crippen LogP contribution < -0.4 is 4.74 Å². The Bertz CT molecular complexity index is 996. The van der Waals surface area contributed by atoms with E-state index in [1.54, 1.807) is 35.9 Å². The highest BCUT2D eigenvalue weighted by Crippen LogP contribution is 2.44. The number of benzene rings is 2. The highest BCUT2D eigenvalue weighted by atomic mass is 32.2. The molecule has 0 aliphatic carbocycles. The van der Waals surface area contributed by atoms with Crippen molar-refractivity contribution in [3.8, 4) is 5.75 Å². The van der Waals surface area contributed by atoms with Crippen LogP contribution in [0.3, 0.4) is 0 Å². The molecule has 0 N–H and O–H groups in total. The van der Waals surface area contributed by atoms with Crippen molar-refractivity contribution in [2.24, 2.45) is 0 Å². The Labute approximate surface area is 192 Å². The molecule has 3 aliphatic rings. The second-order valence-electron chi connectivity index (χ2n) is 8.46. The number of amides is 1. The maximum Gasteiger partial charge on any atom is 0.409 e. The minimum absolute atomic E-state index is 0.138. The highest BCUT2D eigenvalue weighted by Gasteiger charge is 2.31. The van der Waals surface area contributed by atoms with Gasteiger partial charge in [-0.15, -0.1) is 0 Å². The van der Waals surface area contributed by atoms with Gasteiger partial charge in [0.05, 0.1) is 13.7 Å². The summed E-state index contributed by atoms with van der Waals surface area (Å²) >= 11 is 1.70. The van der Waals surface area contributed by atoms with Crippen molar-refractivity contribution in [1.29, 1.82) is 0 Å².